The van der Waals surface area contributed by atoms with Crippen molar-refractivity contribution in [2.45, 2.75) is 32.1 Å². The summed E-state index contributed by atoms with van der Waals surface area (Å²) in [4.78, 5) is 11.9. The number of hydrogen-bond donors (Lipinski definition) is 1. The fourth-order valence-corrected chi connectivity index (χ4v) is 2.34. The molecule has 1 amide bonds. The predicted octanol–water partition coefficient (Wildman–Crippen LogP) is 2.70. The molecule has 0 aromatic heterocycles. The minimum atomic E-state index is -3.82. The van der Waals surface area contributed by atoms with Crippen molar-refractivity contribution in [3.63, 3.8) is 0 Å². The summed E-state index contributed by atoms with van der Waals surface area (Å²) >= 11 is 0. The van der Waals surface area contributed by atoms with Gasteiger partial charge in [0, 0.05) is 22.8 Å². The Labute approximate surface area is 118 Å². The van der Waals surface area contributed by atoms with E-state index in [0.29, 0.717) is 23.6 Å². The van der Waals surface area contributed by atoms with Crippen molar-refractivity contribution in [3.05, 3.63) is 29.3 Å². The maximum absolute atomic E-state index is 12.0. The summed E-state index contributed by atoms with van der Waals surface area (Å²) in [5.74, 6) is 0.219. The average Bonchev–Trinajstić information content (AvgIpc) is 2.27. The molecule has 6 heteroatoms. The number of benzene rings is 1. The summed E-state index contributed by atoms with van der Waals surface area (Å²) in [5.41, 5.74) is 1.05. The van der Waals surface area contributed by atoms with Gasteiger partial charge in [-0.1, -0.05) is 19.9 Å². The van der Waals surface area contributed by atoms with Crippen LogP contribution in [0.2, 0.25) is 0 Å². The van der Waals surface area contributed by atoms with Crippen LogP contribution in [0.5, 0.6) is 0 Å². The molecule has 0 heterocycles. The molecule has 0 unspecified atom stereocenters. The highest BCUT2D eigenvalue weighted by molar-refractivity contribution is 8.13. The van der Waals surface area contributed by atoms with E-state index in [4.69, 9.17) is 10.7 Å². The van der Waals surface area contributed by atoms with E-state index in [0.717, 1.165) is 6.42 Å². The molecule has 4 nitrogen and oxygen atoms in total. The van der Waals surface area contributed by atoms with Crippen LogP contribution in [0.15, 0.2) is 23.1 Å². The normalized spacial score (nSPS) is 11.6. The van der Waals surface area contributed by atoms with Gasteiger partial charge in [-0.3, -0.25) is 4.79 Å². The van der Waals surface area contributed by atoms with Crippen molar-refractivity contribution < 1.29 is 13.2 Å². The van der Waals surface area contributed by atoms with Crippen LogP contribution in [0.4, 0.5) is 0 Å². The molecular weight excluding hydrogens is 286 g/mol. The maximum Gasteiger partial charge on any atom is 0.261 e. The van der Waals surface area contributed by atoms with Gasteiger partial charge >= 0.3 is 0 Å². The smallest absolute Gasteiger partial charge is 0.261 e. The quantitative estimate of drug-likeness (QED) is 0.851. The van der Waals surface area contributed by atoms with E-state index in [-0.39, 0.29) is 10.8 Å². The molecule has 0 atom stereocenters. The molecule has 0 radical (unpaired) electrons. The number of carbonyl (C=O) groups excluding carboxylic acids is 1. The molecule has 0 spiro atoms. The van der Waals surface area contributed by atoms with Crippen molar-refractivity contribution in [1.29, 1.82) is 0 Å². The van der Waals surface area contributed by atoms with Crippen LogP contribution < -0.4 is 5.32 Å². The number of nitrogens with one attached hydrogen (secondary N) is 1. The minimum absolute atomic E-state index is 0.0613. The van der Waals surface area contributed by atoms with Gasteiger partial charge in [-0.15, -0.1) is 0 Å². The highest BCUT2D eigenvalue weighted by Gasteiger charge is 2.15. The fourth-order valence-electron chi connectivity index (χ4n) is 1.57. The molecule has 106 valence electrons. The van der Waals surface area contributed by atoms with E-state index in [1.165, 1.54) is 12.1 Å². The second-order valence-electron chi connectivity index (χ2n) is 4.85. The van der Waals surface area contributed by atoms with Crippen molar-refractivity contribution in [2.24, 2.45) is 5.92 Å². The first-order chi connectivity index (χ1) is 8.71. The minimum Gasteiger partial charge on any atom is -0.352 e. The Kier molecular flexibility index (Phi) is 5.38. The van der Waals surface area contributed by atoms with Gasteiger partial charge in [0.05, 0.1) is 4.90 Å². The van der Waals surface area contributed by atoms with Crippen molar-refractivity contribution in [2.75, 3.05) is 6.54 Å². The van der Waals surface area contributed by atoms with E-state index >= 15 is 0 Å². The average molecular weight is 304 g/mol. The molecule has 1 rings (SSSR count). The summed E-state index contributed by atoms with van der Waals surface area (Å²) in [7, 11) is 1.46. The second-order valence-corrected chi connectivity index (χ2v) is 7.42. The van der Waals surface area contributed by atoms with Crippen LogP contribution in [0.1, 0.15) is 36.2 Å². The monoisotopic (exact) mass is 303 g/mol. The van der Waals surface area contributed by atoms with Crippen LogP contribution >= 0.6 is 10.7 Å². The Morgan fingerprint density at radius 2 is 2.00 bits per heavy atom. The number of rotatable bonds is 5. The summed E-state index contributed by atoms with van der Waals surface area (Å²) in [6, 6.07) is 4.28. The van der Waals surface area contributed by atoms with E-state index in [9.17, 15) is 13.2 Å². The van der Waals surface area contributed by atoms with Gasteiger partial charge in [0.1, 0.15) is 0 Å². The van der Waals surface area contributed by atoms with Crippen LogP contribution in [-0.2, 0) is 9.05 Å². The zero-order valence-corrected chi connectivity index (χ0v) is 12.8. The molecule has 19 heavy (non-hydrogen) atoms. The molecule has 0 fully saturated rings. The van der Waals surface area contributed by atoms with E-state index in [1.807, 2.05) is 0 Å². The molecule has 0 aliphatic heterocycles. The molecular formula is C13H18ClNO3S. The van der Waals surface area contributed by atoms with Gasteiger partial charge in [-0.25, -0.2) is 8.42 Å². The predicted molar refractivity (Wildman–Crippen MR) is 76.0 cm³/mol. The van der Waals surface area contributed by atoms with Gasteiger partial charge in [-0.2, -0.15) is 0 Å². The largest absolute Gasteiger partial charge is 0.352 e. The molecule has 0 aliphatic carbocycles. The Balaban J connectivity index is 2.90. The Bertz CT molecular complexity index is 567. The van der Waals surface area contributed by atoms with E-state index in [2.05, 4.69) is 19.2 Å². The number of carbonyl (C=O) groups is 1. The number of hydrogen-bond acceptors (Lipinski definition) is 3. The molecule has 0 saturated heterocycles. The van der Waals surface area contributed by atoms with Crippen molar-refractivity contribution >= 4 is 25.6 Å². The Morgan fingerprint density at radius 3 is 2.53 bits per heavy atom. The number of halogens is 1. The molecule has 1 N–H and O–H groups in total. The van der Waals surface area contributed by atoms with Crippen LogP contribution in [0.25, 0.3) is 0 Å². The highest BCUT2D eigenvalue weighted by atomic mass is 35.7. The lowest BCUT2D eigenvalue weighted by molar-refractivity contribution is 0.0951. The fraction of sp³-hybridized carbons (Fsp3) is 0.462. The Morgan fingerprint density at radius 1 is 1.37 bits per heavy atom. The lowest BCUT2D eigenvalue weighted by Gasteiger charge is -2.10. The first kappa shape index (κ1) is 16.0. The van der Waals surface area contributed by atoms with E-state index < -0.39 is 9.05 Å². The third-order valence-corrected chi connectivity index (χ3v) is 4.09. The first-order valence-corrected chi connectivity index (χ1v) is 8.36. The lowest BCUT2D eigenvalue weighted by Crippen LogP contribution is -2.26. The first-order valence-electron chi connectivity index (χ1n) is 6.05. The lowest BCUT2D eigenvalue weighted by atomic mass is 10.1. The third kappa shape index (κ3) is 4.84. The summed E-state index contributed by atoms with van der Waals surface area (Å²) in [6.45, 7) is 6.45. The number of aryl methyl sites for hydroxylation is 1. The number of amides is 1. The molecule has 0 bridgehead atoms. The van der Waals surface area contributed by atoms with Gasteiger partial charge < -0.3 is 5.32 Å². The van der Waals surface area contributed by atoms with Crippen LogP contribution in [0.3, 0.4) is 0 Å². The summed E-state index contributed by atoms with van der Waals surface area (Å²) in [6.07, 6.45) is 0.873. The van der Waals surface area contributed by atoms with Gasteiger partial charge in [0.15, 0.2) is 0 Å². The van der Waals surface area contributed by atoms with Gasteiger partial charge in [0.2, 0.25) is 0 Å². The van der Waals surface area contributed by atoms with Crippen LogP contribution in [0, 0.1) is 12.8 Å². The summed E-state index contributed by atoms with van der Waals surface area (Å²) in [5, 5.41) is 2.77. The van der Waals surface area contributed by atoms with Crippen molar-refractivity contribution in [1.82, 2.24) is 5.32 Å². The van der Waals surface area contributed by atoms with Crippen LogP contribution in [-0.4, -0.2) is 20.9 Å². The second kappa shape index (κ2) is 6.39. The zero-order chi connectivity index (χ0) is 14.6. The SMILES string of the molecule is Cc1ccc(S(=O)(=O)Cl)cc1C(=O)NCCC(C)C. The summed E-state index contributed by atoms with van der Waals surface area (Å²) < 4.78 is 22.5. The van der Waals surface area contributed by atoms with Gasteiger partial charge in [-0.05, 0) is 37.0 Å². The highest BCUT2D eigenvalue weighted by Crippen LogP contribution is 2.19. The maximum atomic E-state index is 12.0. The zero-order valence-electron chi connectivity index (χ0n) is 11.2. The third-order valence-electron chi connectivity index (χ3n) is 2.74. The van der Waals surface area contributed by atoms with Crippen molar-refractivity contribution in [3.8, 4) is 0 Å². The Hall–Kier alpha value is -1.07. The molecule has 1 aromatic carbocycles. The standard InChI is InChI=1S/C13H18ClNO3S/c1-9(2)6-7-15-13(16)12-8-11(19(14,17)18)5-4-10(12)3/h4-5,8-9H,6-7H2,1-3H3,(H,15,16). The van der Waals surface area contributed by atoms with Gasteiger partial charge in [0.25, 0.3) is 15.0 Å². The topological polar surface area (TPSA) is 63.2 Å². The molecule has 0 saturated carbocycles. The molecule has 0 aliphatic rings. The van der Waals surface area contributed by atoms with E-state index in [1.54, 1.807) is 13.0 Å². The molecule has 1 aromatic rings.